The van der Waals surface area contributed by atoms with Crippen LogP contribution in [-0.2, 0) is 0 Å². The molecule has 3 N–H and O–H groups in total. The van der Waals surface area contributed by atoms with E-state index in [2.05, 4.69) is 19.2 Å². The van der Waals surface area contributed by atoms with Gasteiger partial charge in [-0.15, -0.1) is 0 Å². The van der Waals surface area contributed by atoms with Crippen LogP contribution in [0.1, 0.15) is 30.6 Å². The molecular weight excluding hydrogens is 259 g/mol. The molecule has 1 unspecified atom stereocenters. The van der Waals surface area contributed by atoms with Crippen molar-refractivity contribution in [2.75, 3.05) is 12.3 Å². The van der Waals surface area contributed by atoms with Crippen LogP contribution in [0.3, 0.4) is 0 Å². The fraction of sp³-hybridized carbons (Fsp3) is 0.417. The second-order valence-corrected chi connectivity index (χ2v) is 4.87. The maximum absolute atomic E-state index is 11.8. The Balaban J connectivity index is 2.76. The van der Waals surface area contributed by atoms with Gasteiger partial charge in [-0.05, 0) is 18.1 Å². The normalized spacial score (nSPS) is 12.2. The van der Waals surface area contributed by atoms with Gasteiger partial charge in [-0.25, -0.2) is 0 Å². The van der Waals surface area contributed by atoms with Gasteiger partial charge in [-0.1, -0.05) is 43.5 Å². The van der Waals surface area contributed by atoms with Crippen LogP contribution in [0.5, 0.6) is 0 Å². The number of hydrogen-bond acceptors (Lipinski definition) is 2. The third-order valence-electron chi connectivity index (χ3n) is 2.63. The summed E-state index contributed by atoms with van der Waals surface area (Å²) in [5, 5.41) is 3.40. The van der Waals surface area contributed by atoms with E-state index in [1.165, 1.54) is 12.1 Å². The molecule has 1 rings (SSSR count). The van der Waals surface area contributed by atoms with Crippen molar-refractivity contribution in [1.82, 2.24) is 5.32 Å². The molecule has 0 aliphatic carbocycles. The Morgan fingerprint density at radius 3 is 2.65 bits per heavy atom. The highest BCUT2D eigenvalue weighted by Gasteiger charge is 2.11. The molecule has 0 bridgehead atoms. The monoisotopic (exact) mass is 274 g/mol. The van der Waals surface area contributed by atoms with Crippen molar-refractivity contribution in [3.63, 3.8) is 0 Å². The van der Waals surface area contributed by atoms with Crippen molar-refractivity contribution in [3.8, 4) is 0 Å². The lowest BCUT2D eigenvalue weighted by Crippen LogP contribution is -2.28. The lowest BCUT2D eigenvalue weighted by atomic mass is 10.1. The Morgan fingerprint density at radius 1 is 1.47 bits per heavy atom. The SMILES string of the molecule is CCC(C)CNC(=O)c1cc(N)c(Cl)c(Cl)c1. The quantitative estimate of drug-likeness (QED) is 0.828. The number of nitrogen functional groups attached to an aromatic ring is 1. The number of halogens is 2. The predicted octanol–water partition coefficient (Wildman–Crippen LogP) is 3.35. The van der Waals surface area contributed by atoms with Crippen molar-refractivity contribution in [1.29, 1.82) is 0 Å². The number of anilines is 1. The molecule has 3 nitrogen and oxygen atoms in total. The number of carbonyl (C=O) groups excluding carboxylic acids is 1. The molecule has 0 fully saturated rings. The minimum Gasteiger partial charge on any atom is -0.397 e. The molecule has 1 amide bonds. The molecule has 0 aliphatic heterocycles. The third-order valence-corrected chi connectivity index (χ3v) is 3.44. The summed E-state index contributed by atoms with van der Waals surface area (Å²) in [6.45, 7) is 4.78. The minimum atomic E-state index is -0.185. The predicted molar refractivity (Wildman–Crippen MR) is 72.7 cm³/mol. The van der Waals surface area contributed by atoms with Crippen molar-refractivity contribution in [2.24, 2.45) is 5.92 Å². The maximum atomic E-state index is 11.8. The van der Waals surface area contributed by atoms with Crippen molar-refractivity contribution < 1.29 is 4.79 Å². The molecule has 5 heteroatoms. The van der Waals surface area contributed by atoms with Crippen molar-refractivity contribution in [3.05, 3.63) is 27.7 Å². The van der Waals surface area contributed by atoms with Gasteiger partial charge in [0, 0.05) is 12.1 Å². The summed E-state index contributed by atoms with van der Waals surface area (Å²) < 4.78 is 0. The first-order valence-corrected chi connectivity index (χ1v) is 6.24. The van der Waals surface area contributed by atoms with Crippen LogP contribution in [0, 0.1) is 5.92 Å². The van der Waals surface area contributed by atoms with Crippen LogP contribution in [-0.4, -0.2) is 12.5 Å². The molecule has 94 valence electrons. The average Bonchev–Trinajstić information content (AvgIpc) is 2.31. The zero-order valence-electron chi connectivity index (χ0n) is 9.89. The smallest absolute Gasteiger partial charge is 0.251 e. The summed E-state index contributed by atoms with van der Waals surface area (Å²) >= 11 is 11.7. The standard InChI is InChI=1S/C12H16Cl2N2O/c1-3-7(2)6-16-12(17)8-4-9(13)11(14)10(15)5-8/h4-5,7H,3,6,15H2,1-2H3,(H,16,17). The number of benzene rings is 1. The Hall–Kier alpha value is -0.930. The van der Waals surface area contributed by atoms with Gasteiger partial charge in [0.25, 0.3) is 5.91 Å². The zero-order chi connectivity index (χ0) is 13.0. The Labute approximate surface area is 111 Å². The number of nitrogens with one attached hydrogen (secondary N) is 1. The van der Waals surface area contributed by atoms with Gasteiger partial charge in [-0.3, -0.25) is 4.79 Å². The lowest BCUT2D eigenvalue weighted by molar-refractivity contribution is 0.0948. The molecule has 0 spiro atoms. The minimum absolute atomic E-state index is 0.185. The van der Waals surface area contributed by atoms with Gasteiger partial charge in [-0.2, -0.15) is 0 Å². The summed E-state index contributed by atoms with van der Waals surface area (Å²) in [6, 6.07) is 3.05. The van der Waals surface area contributed by atoms with Gasteiger partial charge in [0.15, 0.2) is 0 Å². The number of rotatable bonds is 4. The van der Waals surface area contributed by atoms with Crippen LogP contribution in [0.25, 0.3) is 0 Å². The Bertz CT molecular complexity index is 398. The second-order valence-electron chi connectivity index (χ2n) is 4.08. The Morgan fingerprint density at radius 2 is 2.12 bits per heavy atom. The van der Waals surface area contributed by atoms with Crippen LogP contribution in [0.4, 0.5) is 5.69 Å². The fourth-order valence-electron chi connectivity index (χ4n) is 1.25. The van der Waals surface area contributed by atoms with E-state index in [-0.39, 0.29) is 10.9 Å². The van der Waals surface area contributed by atoms with Crippen molar-refractivity contribution in [2.45, 2.75) is 20.3 Å². The number of hydrogen-bond donors (Lipinski definition) is 2. The van der Waals surface area contributed by atoms with Crippen LogP contribution < -0.4 is 11.1 Å². The van der Waals surface area contributed by atoms with E-state index in [9.17, 15) is 4.79 Å². The first-order chi connectivity index (χ1) is 7.95. The molecular formula is C12H16Cl2N2O. The highest BCUT2D eigenvalue weighted by Crippen LogP contribution is 2.29. The summed E-state index contributed by atoms with van der Waals surface area (Å²) in [6.07, 6.45) is 1.02. The average molecular weight is 275 g/mol. The van der Waals surface area contributed by atoms with E-state index in [1.807, 2.05) is 0 Å². The van der Waals surface area contributed by atoms with Crippen LogP contribution >= 0.6 is 23.2 Å². The van der Waals surface area contributed by atoms with E-state index in [1.54, 1.807) is 0 Å². The molecule has 0 heterocycles. The van der Waals surface area contributed by atoms with Gasteiger partial charge in [0.2, 0.25) is 0 Å². The zero-order valence-corrected chi connectivity index (χ0v) is 11.4. The highest BCUT2D eigenvalue weighted by atomic mass is 35.5. The van der Waals surface area contributed by atoms with Crippen LogP contribution in [0.15, 0.2) is 12.1 Å². The number of nitrogens with two attached hydrogens (primary N) is 1. The van der Waals surface area contributed by atoms with Gasteiger partial charge < -0.3 is 11.1 Å². The lowest BCUT2D eigenvalue weighted by Gasteiger charge is -2.11. The molecule has 0 saturated carbocycles. The van der Waals surface area contributed by atoms with E-state index in [0.29, 0.717) is 28.7 Å². The summed E-state index contributed by atoms with van der Waals surface area (Å²) in [4.78, 5) is 11.8. The molecule has 1 atom stereocenters. The van der Waals surface area contributed by atoms with E-state index in [4.69, 9.17) is 28.9 Å². The van der Waals surface area contributed by atoms with Gasteiger partial charge >= 0.3 is 0 Å². The summed E-state index contributed by atoms with van der Waals surface area (Å²) in [5.41, 5.74) is 6.39. The fourth-order valence-corrected chi connectivity index (χ4v) is 1.59. The summed E-state index contributed by atoms with van der Waals surface area (Å²) in [7, 11) is 0. The molecule has 0 aliphatic rings. The molecule has 17 heavy (non-hydrogen) atoms. The van der Waals surface area contributed by atoms with Crippen LogP contribution in [0.2, 0.25) is 10.0 Å². The first kappa shape index (κ1) is 14.1. The van der Waals surface area contributed by atoms with Crippen molar-refractivity contribution >= 4 is 34.8 Å². The topological polar surface area (TPSA) is 55.1 Å². The maximum Gasteiger partial charge on any atom is 0.251 e. The first-order valence-electron chi connectivity index (χ1n) is 5.48. The highest BCUT2D eigenvalue weighted by molar-refractivity contribution is 6.43. The molecule has 1 aromatic carbocycles. The van der Waals surface area contributed by atoms with Gasteiger partial charge in [0.1, 0.15) is 0 Å². The van der Waals surface area contributed by atoms with E-state index >= 15 is 0 Å². The largest absolute Gasteiger partial charge is 0.397 e. The summed E-state index contributed by atoms with van der Waals surface area (Å²) in [5.74, 6) is 0.259. The molecule has 1 aromatic rings. The Kier molecular flexibility index (Phi) is 5.09. The molecule has 0 saturated heterocycles. The number of amides is 1. The second kappa shape index (κ2) is 6.12. The third kappa shape index (κ3) is 3.79. The van der Waals surface area contributed by atoms with E-state index < -0.39 is 0 Å². The van der Waals surface area contributed by atoms with E-state index in [0.717, 1.165) is 6.42 Å². The number of carbonyl (C=O) groups is 1. The van der Waals surface area contributed by atoms with Gasteiger partial charge in [0.05, 0.1) is 15.7 Å². The molecule has 0 aromatic heterocycles. The molecule has 0 radical (unpaired) electrons.